The van der Waals surface area contributed by atoms with Crippen LogP contribution in [0, 0.1) is 11.3 Å². The quantitative estimate of drug-likeness (QED) is 0.0349. The number of unbranched alkanes of at least 4 members (excludes halogenated alkanes) is 9. The van der Waals surface area contributed by atoms with E-state index in [1.54, 1.807) is 6.92 Å². The Morgan fingerprint density at radius 3 is 1.85 bits per heavy atom. The molecule has 11 N–H and O–H groups in total. The normalized spacial score (nSPS) is 21.7. The molecule has 2 aliphatic rings. The number of hydrogen-bond acceptors (Lipinski definition) is 11. The highest BCUT2D eigenvalue weighted by Crippen LogP contribution is 2.50. The van der Waals surface area contributed by atoms with Crippen LogP contribution in [-0.2, 0) is 38.1 Å². The summed E-state index contributed by atoms with van der Waals surface area (Å²) in [6.07, 6.45) is 13.3. The average molecular weight is 879 g/mol. The van der Waals surface area contributed by atoms with E-state index in [0.717, 1.165) is 32.2 Å². The van der Waals surface area contributed by atoms with Crippen LogP contribution in [-0.4, -0.2) is 116 Å². The van der Waals surface area contributed by atoms with Crippen LogP contribution in [0.25, 0.3) is 0 Å². The van der Waals surface area contributed by atoms with E-state index in [9.17, 15) is 33.9 Å². The Hall–Kier alpha value is -3.32. The first kappa shape index (κ1) is 54.8. The third-order valence-electron chi connectivity index (χ3n) is 12.5. The minimum Gasteiger partial charge on any atom is -0.481 e. The van der Waals surface area contributed by atoms with Crippen molar-refractivity contribution < 1.29 is 43.2 Å². The van der Waals surface area contributed by atoms with Crippen molar-refractivity contribution >= 4 is 42.6 Å². The van der Waals surface area contributed by atoms with Gasteiger partial charge < -0.3 is 57.8 Å². The van der Waals surface area contributed by atoms with Crippen LogP contribution in [0.3, 0.4) is 0 Å². The molecule has 0 aromatic carbocycles. The second kappa shape index (κ2) is 28.5. The van der Waals surface area contributed by atoms with Crippen LogP contribution in [0.2, 0.25) is 0 Å². The maximum atomic E-state index is 13.7. The molecule has 17 nitrogen and oxygen atoms in total. The molecule has 1 aliphatic carbocycles. The van der Waals surface area contributed by atoms with Crippen molar-refractivity contribution in [3.05, 3.63) is 0 Å². The average Bonchev–Trinajstić information content (AvgIpc) is 3.53. The number of carboxylic acid groups (broad SMARTS) is 1. The maximum absolute atomic E-state index is 13.7. The fourth-order valence-electron chi connectivity index (χ4n) is 8.30. The van der Waals surface area contributed by atoms with Gasteiger partial charge in [-0.25, -0.2) is 0 Å². The summed E-state index contributed by atoms with van der Waals surface area (Å²) in [5.41, 5.74) is 10.9. The number of carbonyl (C=O) groups excluding carboxylic acids is 5. The van der Waals surface area contributed by atoms with Crippen molar-refractivity contribution in [3.8, 4) is 0 Å². The van der Waals surface area contributed by atoms with Crippen LogP contribution in [0.1, 0.15) is 164 Å². The molecule has 1 saturated carbocycles. The van der Waals surface area contributed by atoms with Crippen molar-refractivity contribution in [1.82, 2.24) is 31.9 Å². The molecule has 0 unspecified atom stereocenters. The lowest BCUT2D eigenvalue weighted by Gasteiger charge is -2.47. The maximum Gasteiger partial charge on any atom is 0.481 e. The van der Waals surface area contributed by atoms with E-state index in [0.29, 0.717) is 51.2 Å². The lowest BCUT2D eigenvalue weighted by atomic mass is 9.63. The molecule has 2 rings (SSSR count). The van der Waals surface area contributed by atoms with Crippen LogP contribution < -0.4 is 43.4 Å². The zero-order valence-electron chi connectivity index (χ0n) is 39.0. The predicted molar refractivity (Wildman–Crippen MR) is 241 cm³/mol. The molecule has 0 spiro atoms. The first-order chi connectivity index (χ1) is 29.4. The van der Waals surface area contributed by atoms with Crippen molar-refractivity contribution in [2.45, 2.75) is 206 Å². The highest BCUT2D eigenvalue weighted by Gasteiger charge is 2.56. The number of carbonyl (C=O) groups is 6. The summed E-state index contributed by atoms with van der Waals surface area (Å²) in [6.45, 7) is 16.1. The van der Waals surface area contributed by atoms with Gasteiger partial charge >= 0.3 is 13.1 Å². The van der Waals surface area contributed by atoms with Gasteiger partial charge in [0.25, 0.3) is 0 Å². The third-order valence-corrected chi connectivity index (χ3v) is 12.5. The molecule has 5 amide bonds. The molecule has 8 atom stereocenters. The Balaban J connectivity index is 1.99. The number of fused-ring (bicyclic) bond motifs is 1. The van der Waals surface area contributed by atoms with E-state index >= 15 is 0 Å². The lowest BCUT2D eigenvalue weighted by Crippen LogP contribution is -2.58. The fraction of sp³-hybridized carbons (Fsp3) is 0.864. The Morgan fingerprint density at radius 1 is 0.710 bits per heavy atom. The summed E-state index contributed by atoms with van der Waals surface area (Å²) < 4.78 is 12.8. The number of rotatable bonds is 32. The second-order valence-electron chi connectivity index (χ2n) is 18.6. The summed E-state index contributed by atoms with van der Waals surface area (Å²) >= 11 is 0. The zero-order valence-corrected chi connectivity index (χ0v) is 39.0. The molecular formula is C44H83BN8O9. The number of amides is 5. The summed E-state index contributed by atoms with van der Waals surface area (Å²) in [5, 5.41) is 26.3. The van der Waals surface area contributed by atoms with Gasteiger partial charge in [0.1, 0.15) is 24.2 Å². The van der Waals surface area contributed by atoms with Gasteiger partial charge in [0.05, 0.1) is 24.1 Å². The van der Waals surface area contributed by atoms with Crippen LogP contribution in [0.4, 0.5) is 0 Å². The van der Waals surface area contributed by atoms with E-state index in [2.05, 4.69) is 66.5 Å². The molecule has 0 aromatic rings. The van der Waals surface area contributed by atoms with Crippen molar-refractivity contribution in [2.75, 3.05) is 26.2 Å². The third kappa shape index (κ3) is 19.6. The van der Waals surface area contributed by atoms with Gasteiger partial charge in [0, 0.05) is 13.0 Å². The summed E-state index contributed by atoms with van der Waals surface area (Å²) in [4.78, 5) is 78.9. The van der Waals surface area contributed by atoms with Gasteiger partial charge in [0.2, 0.25) is 29.5 Å². The van der Waals surface area contributed by atoms with Gasteiger partial charge in [-0.15, -0.1) is 0 Å². The van der Waals surface area contributed by atoms with E-state index in [1.807, 2.05) is 0 Å². The van der Waals surface area contributed by atoms with Crippen molar-refractivity contribution in [1.29, 1.82) is 0 Å². The minimum absolute atomic E-state index is 0.0633. The Morgan fingerprint density at radius 2 is 1.26 bits per heavy atom. The highest BCUT2D eigenvalue weighted by molar-refractivity contribution is 6.47. The Labute approximate surface area is 371 Å². The molecule has 1 aliphatic heterocycles. The second-order valence-corrected chi connectivity index (χ2v) is 18.6. The lowest BCUT2D eigenvalue weighted by molar-refractivity contribution is -0.141. The van der Waals surface area contributed by atoms with E-state index in [4.69, 9.17) is 20.8 Å². The van der Waals surface area contributed by atoms with Crippen molar-refractivity contribution in [3.63, 3.8) is 0 Å². The van der Waals surface area contributed by atoms with E-state index < -0.39 is 78.8 Å². The van der Waals surface area contributed by atoms with Crippen LogP contribution >= 0.6 is 0 Å². The molecule has 1 saturated heterocycles. The number of nitrogens with one attached hydrogen (secondary N) is 6. The molecule has 0 bridgehead atoms. The van der Waals surface area contributed by atoms with E-state index in [1.165, 1.54) is 45.4 Å². The summed E-state index contributed by atoms with van der Waals surface area (Å²) in [6, 6.07) is -4.80. The number of carboxylic acids is 1. The topological polar surface area (TPSA) is 265 Å². The largest absolute Gasteiger partial charge is 0.481 e. The number of hydrogen-bond donors (Lipinski definition) is 9. The summed E-state index contributed by atoms with van der Waals surface area (Å²) in [7, 11) is -0.685. The molecule has 62 heavy (non-hydrogen) atoms. The minimum atomic E-state index is -1.56. The molecule has 356 valence electrons. The first-order valence-electron chi connectivity index (χ1n) is 23.5. The Kier molecular flexibility index (Phi) is 25.2. The van der Waals surface area contributed by atoms with Crippen LogP contribution in [0.5, 0.6) is 0 Å². The molecule has 1 heterocycles. The molecule has 0 radical (unpaired) electrons. The van der Waals surface area contributed by atoms with Crippen LogP contribution in [0.15, 0.2) is 0 Å². The Bertz CT molecular complexity index is 1410. The highest BCUT2D eigenvalue weighted by atomic mass is 16.7. The standard InChI is InChI=1S/C44H83BN8O9/c1-8-9-10-11-12-13-14-19-25-48-26-22-37(54)51-33(20-15-17-23-46)41(59)53-35(28-38(55)56)42(60)49-31(3)39(57)52-34(21-16-18-24-47)40(58)50-32(4)45-61-36-27-30(2)43(5,6)29-44(36,7)62-45/h30-36,48H,8-29,46-47H2,1-7H3,(H,49,60)(H,50,58)(H,51,54)(H,52,57)(H,53,59)(H,55,56)/t30-,31-,32-,33-,34-,35-,36+,44-/m0/s1. The van der Waals surface area contributed by atoms with Gasteiger partial charge in [0.15, 0.2) is 0 Å². The fourth-order valence-corrected chi connectivity index (χ4v) is 8.30. The molecular weight excluding hydrogens is 795 g/mol. The zero-order chi connectivity index (χ0) is 46.3. The summed E-state index contributed by atoms with van der Waals surface area (Å²) in [5.74, 6) is -4.63. The molecule has 0 aromatic heterocycles. The van der Waals surface area contributed by atoms with Gasteiger partial charge in [-0.1, -0.05) is 72.6 Å². The van der Waals surface area contributed by atoms with Gasteiger partial charge in [-0.2, -0.15) is 0 Å². The molecule has 2 fully saturated rings. The van der Waals surface area contributed by atoms with Gasteiger partial charge in [-0.05, 0) is 110 Å². The van der Waals surface area contributed by atoms with Gasteiger partial charge in [-0.3, -0.25) is 28.8 Å². The molecule has 18 heteroatoms. The number of nitrogens with two attached hydrogens (primary N) is 2. The number of aliphatic carboxylic acids is 1. The first-order valence-corrected chi connectivity index (χ1v) is 23.5. The van der Waals surface area contributed by atoms with E-state index in [-0.39, 0.29) is 36.7 Å². The monoisotopic (exact) mass is 879 g/mol. The SMILES string of the molecule is CCCCCCCCCCNCCC(=O)N[C@@H](CCCCN)C(=O)N[C@@H](CC(=O)O)C(=O)N[C@@H](C)C(=O)N[C@@H](CCCCN)C(=O)N[C@@H](C)B1O[C@@H]2C[C@H](C)C(C)(C)C[C@]2(C)O1. The smallest absolute Gasteiger partial charge is 0.481 e. The predicted octanol–water partition coefficient (Wildman–Crippen LogP) is 2.96. The van der Waals surface area contributed by atoms with Crippen molar-refractivity contribution in [2.24, 2.45) is 22.8 Å².